The summed E-state index contributed by atoms with van der Waals surface area (Å²) in [4.78, 5) is 9.57. The molecule has 3 aromatic rings. The van der Waals surface area contributed by atoms with Crippen molar-refractivity contribution >= 4 is 0 Å². The highest BCUT2D eigenvalue weighted by Gasteiger charge is 2.26. The molecule has 0 N–H and O–H groups in total. The van der Waals surface area contributed by atoms with Gasteiger partial charge in [-0.1, -0.05) is 43.3 Å². The van der Waals surface area contributed by atoms with Gasteiger partial charge in [0.25, 0.3) is 0 Å². The van der Waals surface area contributed by atoms with Crippen LogP contribution in [0.4, 0.5) is 0 Å². The second kappa shape index (κ2) is 10.2. The summed E-state index contributed by atoms with van der Waals surface area (Å²) in [5.74, 6) is 0. The zero-order chi connectivity index (χ0) is 21.6. The number of hydrogen-bond donors (Lipinski definition) is 0. The van der Waals surface area contributed by atoms with Crippen molar-refractivity contribution in [3.63, 3.8) is 0 Å². The van der Waals surface area contributed by atoms with E-state index in [0.29, 0.717) is 6.04 Å². The van der Waals surface area contributed by atoms with Crippen LogP contribution < -0.4 is 0 Å². The molecule has 31 heavy (non-hydrogen) atoms. The molecule has 5 nitrogen and oxygen atoms in total. The molecule has 0 unspecified atom stereocenters. The van der Waals surface area contributed by atoms with Gasteiger partial charge in [-0.2, -0.15) is 5.10 Å². The Kier molecular flexibility index (Phi) is 7.15. The zero-order valence-corrected chi connectivity index (χ0v) is 19.2. The summed E-state index contributed by atoms with van der Waals surface area (Å²) >= 11 is 0. The second-order valence-corrected chi connectivity index (χ2v) is 8.75. The van der Waals surface area contributed by atoms with Crippen molar-refractivity contribution in [2.24, 2.45) is 0 Å². The van der Waals surface area contributed by atoms with Crippen molar-refractivity contribution in [3.8, 4) is 0 Å². The summed E-state index contributed by atoms with van der Waals surface area (Å²) in [5.41, 5.74) is 6.34. The molecule has 3 heterocycles. The summed E-state index contributed by atoms with van der Waals surface area (Å²) in [6.07, 6.45) is 6.46. The van der Waals surface area contributed by atoms with Crippen molar-refractivity contribution in [1.29, 1.82) is 0 Å². The quantitative estimate of drug-likeness (QED) is 0.516. The molecule has 1 aliphatic rings. The Balaban J connectivity index is 1.54. The first kappa shape index (κ1) is 21.7. The summed E-state index contributed by atoms with van der Waals surface area (Å²) in [6.45, 7) is 12.8. The molecule has 164 valence electrons. The summed E-state index contributed by atoms with van der Waals surface area (Å²) < 4.78 is 2.16. The number of rotatable bonds is 9. The van der Waals surface area contributed by atoms with E-state index in [1.165, 1.54) is 41.8 Å². The van der Waals surface area contributed by atoms with Gasteiger partial charge < -0.3 is 0 Å². The molecule has 2 aromatic heterocycles. The van der Waals surface area contributed by atoms with Gasteiger partial charge in [0.15, 0.2) is 0 Å². The molecule has 0 radical (unpaired) electrons. The van der Waals surface area contributed by atoms with E-state index in [0.717, 1.165) is 38.4 Å². The maximum atomic E-state index is 4.90. The van der Waals surface area contributed by atoms with Gasteiger partial charge >= 0.3 is 0 Å². The molecule has 1 fully saturated rings. The van der Waals surface area contributed by atoms with E-state index in [2.05, 4.69) is 76.6 Å². The third-order valence-corrected chi connectivity index (χ3v) is 6.59. The first-order valence-corrected chi connectivity index (χ1v) is 11.6. The van der Waals surface area contributed by atoms with Crippen LogP contribution in [-0.2, 0) is 19.6 Å². The van der Waals surface area contributed by atoms with Crippen LogP contribution in [0.1, 0.15) is 47.8 Å². The molecule has 0 saturated carbocycles. The van der Waals surface area contributed by atoms with Crippen molar-refractivity contribution in [3.05, 3.63) is 82.9 Å². The molecule has 1 saturated heterocycles. The number of aryl methyl sites for hydroxylation is 1. The number of likely N-dealkylation sites (tertiary alicyclic amines) is 1. The first-order chi connectivity index (χ1) is 15.1. The predicted molar refractivity (Wildman–Crippen MR) is 126 cm³/mol. The molecular weight excluding hydrogens is 382 g/mol. The van der Waals surface area contributed by atoms with Crippen LogP contribution >= 0.6 is 0 Å². The van der Waals surface area contributed by atoms with E-state index in [1.54, 1.807) is 0 Å². The largest absolute Gasteiger partial charge is 0.299 e. The van der Waals surface area contributed by atoms with Gasteiger partial charge in [-0.3, -0.25) is 19.5 Å². The first-order valence-electron chi connectivity index (χ1n) is 11.6. The van der Waals surface area contributed by atoms with Crippen LogP contribution in [0, 0.1) is 13.8 Å². The number of nitrogens with zero attached hydrogens (tertiary/aromatic N) is 5. The van der Waals surface area contributed by atoms with E-state index >= 15 is 0 Å². The standard InChI is InChI=1S/C26H35N5/c1-4-30-15-9-13-25(30)19-29(17-24-12-8-14-27-16-24)20-26-21(2)28-31(22(26)3)18-23-10-6-5-7-11-23/h5-8,10-12,14,16,25H,4,9,13,15,17-20H2,1-3H3/t25-/m1/s1. The van der Waals surface area contributed by atoms with Crippen LogP contribution in [0.15, 0.2) is 54.9 Å². The normalized spacial score (nSPS) is 17.0. The number of hydrogen-bond acceptors (Lipinski definition) is 4. The molecule has 0 bridgehead atoms. The average molecular weight is 418 g/mol. The van der Waals surface area contributed by atoms with Gasteiger partial charge in [0, 0.05) is 49.3 Å². The van der Waals surface area contributed by atoms with Gasteiger partial charge in [0.1, 0.15) is 0 Å². The minimum absolute atomic E-state index is 0.640. The molecule has 1 atom stereocenters. The fourth-order valence-corrected chi connectivity index (χ4v) is 4.85. The second-order valence-electron chi connectivity index (χ2n) is 8.75. The van der Waals surface area contributed by atoms with E-state index in [-0.39, 0.29) is 0 Å². The van der Waals surface area contributed by atoms with Gasteiger partial charge in [-0.25, -0.2) is 0 Å². The smallest absolute Gasteiger partial charge is 0.0662 e. The number of likely N-dealkylation sites (N-methyl/N-ethyl adjacent to an activating group) is 1. The average Bonchev–Trinajstić information content (AvgIpc) is 3.34. The highest BCUT2D eigenvalue weighted by atomic mass is 15.3. The molecule has 0 spiro atoms. The lowest BCUT2D eigenvalue weighted by atomic mass is 10.1. The zero-order valence-electron chi connectivity index (χ0n) is 19.2. The van der Waals surface area contributed by atoms with Crippen LogP contribution in [0.25, 0.3) is 0 Å². The van der Waals surface area contributed by atoms with Crippen molar-refractivity contribution in [2.75, 3.05) is 19.6 Å². The van der Waals surface area contributed by atoms with Crippen LogP contribution in [0.5, 0.6) is 0 Å². The molecule has 5 heteroatoms. The fraction of sp³-hybridized carbons (Fsp3) is 0.462. The Bertz CT molecular complexity index is 951. The van der Waals surface area contributed by atoms with E-state index in [9.17, 15) is 0 Å². The molecule has 0 aliphatic carbocycles. The highest BCUT2D eigenvalue weighted by molar-refractivity contribution is 5.26. The number of aromatic nitrogens is 3. The monoisotopic (exact) mass is 417 g/mol. The van der Waals surface area contributed by atoms with Crippen molar-refractivity contribution in [2.45, 2.75) is 59.3 Å². The minimum atomic E-state index is 0.640. The third kappa shape index (κ3) is 5.41. The molecule has 0 amide bonds. The third-order valence-electron chi connectivity index (χ3n) is 6.59. The minimum Gasteiger partial charge on any atom is -0.299 e. The summed E-state index contributed by atoms with van der Waals surface area (Å²) in [6, 6.07) is 15.5. The van der Waals surface area contributed by atoms with Crippen LogP contribution in [0.3, 0.4) is 0 Å². The SMILES string of the molecule is CCN1CCC[C@@H]1CN(Cc1cccnc1)Cc1c(C)nn(Cc2ccccc2)c1C. The van der Waals surface area contributed by atoms with Crippen LogP contribution in [0.2, 0.25) is 0 Å². The molecular formula is C26H35N5. The Morgan fingerprint density at radius 2 is 1.84 bits per heavy atom. The maximum absolute atomic E-state index is 4.90. The fourth-order valence-electron chi connectivity index (χ4n) is 4.85. The molecule has 1 aromatic carbocycles. The lowest BCUT2D eigenvalue weighted by Gasteiger charge is -2.30. The Labute approximate surface area is 186 Å². The molecule has 1 aliphatic heterocycles. The Morgan fingerprint density at radius 1 is 1.03 bits per heavy atom. The van der Waals surface area contributed by atoms with Gasteiger partial charge in [0.05, 0.1) is 12.2 Å². The van der Waals surface area contributed by atoms with Crippen molar-refractivity contribution < 1.29 is 0 Å². The van der Waals surface area contributed by atoms with E-state index in [1.807, 2.05) is 18.5 Å². The lowest BCUT2D eigenvalue weighted by Crippen LogP contribution is -2.40. The van der Waals surface area contributed by atoms with Crippen molar-refractivity contribution in [1.82, 2.24) is 24.6 Å². The van der Waals surface area contributed by atoms with Gasteiger partial charge in [0.2, 0.25) is 0 Å². The highest BCUT2D eigenvalue weighted by Crippen LogP contribution is 2.22. The Hall–Kier alpha value is -2.50. The van der Waals surface area contributed by atoms with E-state index < -0.39 is 0 Å². The summed E-state index contributed by atoms with van der Waals surface area (Å²) in [7, 11) is 0. The van der Waals surface area contributed by atoms with Gasteiger partial charge in [-0.05, 0) is 57.0 Å². The lowest BCUT2D eigenvalue weighted by molar-refractivity contribution is 0.165. The predicted octanol–water partition coefficient (Wildman–Crippen LogP) is 4.43. The Morgan fingerprint density at radius 3 is 2.58 bits per heavy atom. The van der Waals surface area contributed by atoms with Crippen LogP contribution in [-0.4, -0.2) is 50.2 Å². The number of pyridine rings is 1. The topological polar surface area (TPSA) is 37.2 Å². The maximum Gasteiger partial charge on any atom is 0.0662 e. The number of benzene rings is 1. The molecule has 4 rings (SSSR count). The van der Waals surface area contributed by atoms with E-state index in [4.69, 9.17) is 5.10 Å². The van der Waals surface area contributed by atoms with Gasteiger partial charge in [-0.15, -0.1) is 0 Å². The summed E-state index contributed by atoms with van der Waals surface area (Å²) in [5, 5.41) is 4.90.